The van der Waals surface area contributed by atoms with E-state index in [0.29, 0.717) is 12.0 Å². The average molecular weight is 641 g/mol. The van der Waals surface area contributed by atoms with Gasteiger partial charge < -0.3 is 16.0 Å². The number of hydroxylamine groups is 1. The molecular weight excluding hydrogens is 599 g/mol. The third-order valence-corrected chi connectivity index (χ3v) is 7.31. The molecule has 246 valence electrons. The van der Waals surface area contributed by atoms with Gasteiger partial charge in [0.25, 0.3) is 0 Å². The summed E-state index contributed by atoms with van der Waals surface area (Å²) < 4.78 is 13.6. The van der Waals surface area contributed by atoms with E-state index in [1.54, 1.807) is 20.8 Å². The minimum absolute atomic E-state index is 0.0431. The molecule has 9 nitrogen and oxygen atoms in total. The molecule has 4 N–H and O–H groups in total. The molecule has 2 atom stereocenters. The molecule has 47 heavy (non-hydrogen) atoms. The number of carbonyl (C=O) groups excluding carboxylic acids is 4. The molecule has 0 aromatic heterocycles. The molecule has 2 unspecified atom stereocenters. The lowest BCUT2D eigenvalue weighted by atomic mass is 10.0. The molecular formula is C37H41FN4O5. The van der Waals surface area contributed by atoms with Crippen LogP contribution in [0.3, 0.4) is 0 Å². The van der Waals surface area contributed by atoms with E-state index in [4.69, 9.17) is 4.84 Å². The molecule has 0 bridgehead atoms. The summed E-state index contributed by atoms with van der Waals surface area (Å²) in [5, 5.41) is 10.3. The van der Waals surface area contributed by atoms with E-state index < -0.39 is 53.6 Å². The quantitative estimate of drug-likeness (QED) is 0.149. The van der Waals surface area contributed by atoms with Gasteiger partial charge in [-0.2, -0.15) is 0 Å². The van der Waals surface area contributed by atoms with Gasteiger partial charge in [0.1, 0.15) is 17.9 Å². The zero-order valence-electron chi connectivity index (χ0n) is 26.8. The predicted molar refractivity (Wildman–Crippen MR) is 178 cm³/mol. The first kappa shape index (κ1) is 34.8. The Morgan fingerprint density at radius 1 is 0.723 bits per heavy atom. The molecule has 10 heteroatoms. The monoisotopic (exact) mass is 640 g/mol. The third kappa shape index (κ3) is 11.3. The summed E-state index contributed by atoms with van der Waals surface area (Å²) in [4.78, 5) is 58.4. The molecule has 0 aliphatic rings. The normalized spacial score (nSPS) is 12.5. The fraction of sp³-hybridized carbons (Fsp3) is 0.297. The number of fused-ring (bicyclic) bond motifs is 1. The second kappa shape index (κ2) is 16.5. The van der Waals surface area contributed by atoms with Gasteiger partial charge in [-0.05, 0) is 66.8 Å². The van der Waals surface area contributed by atoms with Gasteiger partial charge in [0.15, 0.2) is 0 Å². The van der Waals surface area contributed by atoms with Crippen molar-refractivity contribution < 1.29 is 28.4 Å². The second-order valence-electron chi connectivity index (χ2n) is 12.3. The number of benzene rings is 4. The molecule has 4 aromatic carbocycles. The standard InChI is InChI=1S/C37H41FN4O5/c1-37(2,3)47-42-34(44)23-32(40-33(43)21-18-25-10-5-4-6-11-25)36(46)41-31(22-26-16-19-29(38)20-17-26)35(45)39-24-28-14-9-13-27-12-7-8-15-30(27)28/h4-17,19-20,31-32H,18,21-24H2,1-3H3,(H,39,45)(H,40,43)(H,41,46)(H,42,44). The fourth-order valence-corrected chi connectivity index (χ4v) is 4.91. The van der Waals surface area contributed by atoms with Crippen LogP contribution < -0.4 is 21.4 Å². The smallest absolute Gasteiger partial charge is 0.246 e. The van der Waals surface area contributed by atoms with Crippen molar-refractivity contribution in [1.29, 1.82) is 0 Å². The topological polar surface area (TPSA) is 126 Å². The number of rotatable bonds is 14. The van der Waals surface area contributed by atoms with E-state index in [1.165, 1.54) is 24.3 Å². The number of hydrogen-bond donors (Lipinski definition) is 4. The van der Waals surface area contributed by atoms with Crippen molar-refractivity contribution in [2.24, 2.45) is 0 Å². The van der Waals surface area contributed by atoms with Crippen LogP contribution in [0.2, 0.25) is 0 Å². The summed E-state index contributed by atoms with van der Waals surface area (Å²) in [6, 6.07) is 26.2. The second-order valence-corrected chi connectivity index (χ2v) is 12.3. The molecule has 4 amide bonds. The summed E-state index contributed by atoms with van der Waals surface area (Å²) >= 11 is 0. The highest BCUT2D eigenvalue weighted by molar-refractivity contribution is 5.95. The van der Waals surface area contributed by atoms with Crippen molar-refractivity contribution >= 4 is 34.4 Å². The van der Waals surface area contributed by atoms with Crippen LogP contribution in [0.1, 0.15) is 50.3 Å². The number of nitrogens with one attached hydrogen (secondary N) is 4. The minimum atomic E-state index is -1.30. The van der Waals surface area contributed by atoms with Crippen molar-refractivity contribution in [1.82, 2.24) is 21.4 Å². The van der Waals surface area contributed by atoms with Crippen LogP contribution in [0.5, 0.6) is 0 Å². The Balaban J connectivity index is 1.50. The van der Waals surface area contributed by atoms with Crippen molar-refractivity contribution in [3.05, 3.63) is 120 Å². The summed E-state index contributed by atoms with van der Waals surface area (Å²) in [5.41, 5.74) is 4.09. The summed E-state index contributed by atoms with van der Waals surface area (Å²) in [5.74, 6) is -2.70. The maximum Gasteiger partial charge on any atom is 0.246 e. The van der Waals surface area contributed by atoms with Crippen molar-refractivity contribution in [2.45, 2.75) is 70.7 Å². The van der Waals surface area contributed by atoms with Crippen molar-refractivity contribution in [3.8, 4) is 0 Å². The minimum Gasteiger partial charge on any atom is -0.350 e. The van der Waals surface area contributed by atoms with E-state index in [1.807, 2.05) is 72.8 Å². The third-order valence-electron chi connectivity index (χ3n) is 7.31. The molecule has 0 heterocycles. The van der Waals surface area contributed by atoms with E-state index in [2.05, 4.69) is 21.4 Å². The Labute approximate surface area is 274 Å². The lowest BCUT2D eigenvalue weighted by Gasteiger charge is -2.24. The first-order valence-corrected chi connectivity index (χ1v) is 15.6. The maximum absolute atomic E-state index is 13.7. The van der Waals surface area contributed by atoms with Gasteiger partial charge in [0, 0.05) is 19.4 Å². The van der Waals surface area contributed by atoms with Crippen molar-refractivity contribution in [2.75, 3.05) is 0 Å². The van der Waals surface area contributed by atoms with Gasteiger partial charge in [-0.25, -0.2) is 9.87 Å². The van der Waals surface area contributed by atoms with Gasteiger partial charge in [-0.3, -0.25) is 24.0 Å². The van der Waals surface area contributed by atoms with Crippen molar-refractivity contribution in [3.63, 3.8) is 0 Å². The average Bonchev–Trinajstić information content (AvgIpc) is 3.05. The highest BCUT2D eigenvalue weighted by atomic mass is 19.1. The summed E-state index contributed by atoms with van der Waals surface area (Å²) in [6.07, 6.45) is 0.129. The van der Waals surface area contributed by atoms with Crippen LogP contribution in [0, 0.1) is 5.82 Å². The van der Waals surface area contributed by atoms with E-state index in [-0.39, 0.29) is 19.4 Å². The number of halogens is 1. The number of aryl methyl sites for hydroxylation is 1. The van der Waals surface area contributed by atoms with Gasteiger partial charge in [-0.1, -0.05) is 84.9 Å². The number of hydrogen-bond acceptors (Lipinski definition) is 5. The predicted octanol–water partition coefficient (Wildman–Crippen LogP) is 4.68. The molecule has 4 rings (SSSR count). The van der Waals surface area contributed by atoms with Gasteiger partial charge >= 0.3 is 0 Å². The Kier molecular flexibility index (Phi) is 12.2. The van der Waals surface area contributed by atoms with Crippen LogP contribution in [-0.2, 0) is 43.4 Å². The number of amides is 4. The van der Waals surface area contributed by atoms with Crippen LogP contribution in [-0.4, -0.2) is 41.3 Å². The Hall–Kier alpha value is -5.09. The van der Waals surface area contributed by atoms with E-state index in [0.717, 1.165) is 21.9 Å². The van der Waals surface area contributed by atoms with Crippen LogP contribution in [0.4, 0.5) is 4.39 Å². The van der Waals surface area contributed by atoms with Gasteiger partial charge in [0.05, 0.1) is 12.0 Å². The Morgan fingerprint density at radius 3 is 2.13 bits per heavy atom. The highest BCUT2D eigenvalue weighted by Crippen LogP contribution is 2.18. The first-order chi connectivity index (χ1) is 22.5. The first-order valence-electron chi connectivity index (χ1n) is 15.6. The lowest BCUT2D eigenvalue weighted by molar-refractivity contribution is -0.147. The molecule has 0 fully saturated rings. The fourth-order valence-electron chi connectivity index (χ4n) is 4.91. The van der Waals surface area contributed by atoms with E-state index in [9.17, 15) is 23.6 Å². The molecule has 0 aliphatic carbocycles. The van der Waals surface area contributed by atoms with E-state index >= 15 is 0 Å². The van der Waals surface area contributed by atoms with Crippen LogP contribution in [0.15, 0.2) is 97.1 Å². The summed E-state index contributed by atoms with van der Waals surface area (Å²) in [6.45, 7) is 5.45. The van der Waals surface area contributed by atoms with Gasteiger partial charge in [0.2, 0.25) is 23.6 Å². The largest absolute Gasteiger partial charge is 0.350 e. The zero-order valence-corrected chi connectivity index (χ0v) is 26.8. The highest BCUT2D eigenvalue weighted by Gasteiger charge is 2.29. The van der Waals surface area contributed by atoms with Crippen LogP contribution >= 0.6 is 0 Å². The summed E-state index contributed by atoms with van der Waals surface area (Å²) in [7, 11) is 0. The molecule has 0 saturated heterocycles. The molecule has 4 aromatic rings. The Morgan fingerprint density at radius 2 is 1.40 bits per heavy atom. The zero-order chi connectivity index (χ0) is 33.8. The van der Waals surface area contributed by atoms with Crippen LogP contribution in [0.25, 0.3) is 10.8 Å². The Bertz CT molecular complexity index is 1670. The van der Waals surface area contributed by atoms with Gasteiger partial charge in [-0.15, -0.1) is 0 Å². The molecule has 0 saturated carbocycles. The number of carbonyl (C=O) groups is 4. The molecule has 0 spiro atoms. The molecule has 0 radical (unpaired) electrons. The maximum atomic E-state index is 13.7. The lowest BCUT2D eigenvalue weighted by Crippen LogP contribution is -2.55. The SMILES string of the molecule is CC(C)(C)ONC(=O)CC(NC(=O)CCc1ccccc1)C(=O)NC(Cc1ccc(F)cc1)C(=O)NCc1cccc2ccccc12. The molecule has 0 aliphatic heterocycles.